The summed E-state index contributed by atoms with van der Waals surface area (Å²) in [5, 5.41) is 0.902. The summed E-state index contributed by atoms with van der Waals surface area (Å²) in [6.45, 7) is 3.56. The number of rotatable bonds is 10. The van der Waals surface area contributed by atoms with Crippen molar-refractivity contribution in [3.63, 3.8) is 0 Å². The summed E-state index contributed by atoms with van der Waals surface area (Å²) in [5.41, 5.74) is 16.9. The van der Waals surface area contributed by atoms with Crippen LogP contribution in [0.5, 0.6) is 0 Å². The van der Waals surface area contributed by atoms with Crippen LogP contribution in [0.3, 0.4) is 0 Å². The molecule has 8 nitrogen and oxygen atoms in total. The molecule has 49 heavy (non-hydrogen) atoms. The van der Waals surface area contributed by atoms with Crippen molar-refractivity contribution in [1.82, 2.24) is 9.13 Å². The van der Waals surface area contributed by atoms with Gasteiger partial charge in [-0.25, -0.2) is 18.4 Å². The number of nitrogens with zero attached hydrogens (tertiary/aromatic N) is 2. The van der Waals surface area contributed by atoms with Crippen molar-refractivity contribution in [2.45, 2.75) is 23.9 Å². The SMILES string of the molecule is CCOC(=O)c1c(-c2ccc(F)cc2)c(Sc2c(-c3ccc(F)cc3)c(C(=O)OCC)c(N)n2-c2ccccc2)n(-c2ccccc2)c1N. The van der Waals surface area contributed by atoms with Gasteiger partial charge in [0.2, 0.25) is 0 Å². The van der Waals surface area contributed by atoms with Crippen molar-refractivity contribution in [2.24, 2.45) is 0 Å². The molecule has 4 N–H and O–H groups in total. The number of benzene rings is 4. The van der Waals surface area contributed by atoms with Gasteiger partial charge >= 0.3 is 11.9 Å². The number of esters is 2. The average Bonchev–Trinajstić information content (AvgIpc) is 3.56. The van der Waals surface area contributed by atoms with Crippen LogP contribution in [0.2, 0.25) is 0 Å². The largest absolute Gasteiger partial charge is 0.462 e. The average molecular weight is 679 g/mol. The molecule has 2 heterocycles. The Morgan fingerprint density at radius 2 is 0.939 bits per heavy atom. The van der Waals surface area contributed by atoms with Gasteiger partial charge in [-0.3, -0.25) is 9.13 Å². The molecule has 0 aliphatic carbocycles. The first-order chi connectivity index (χ1) is 23.7. The lowest BCUT2D eigenvalue weighted by molar-refractivity contribution is 0.0518. The molecule has 0 atom stereocenters. The Balaban J connectivity index is 1.76. The van der Waals surface area contributed by atoms with Gasteiger partial charge in [-0.1, -0.05) is 72.4 Å². The molecule has 0 saturated carbocycles. The third-order valence-electron chi connectivity index (χ3n) is 7.78. The molecule has 6 aromatic rings. The van der Waals surface area contributed by atoms with Crippen LogP contribution in [0.1, 0.15) is 34.6 Å². The van der Waals surface area contributed by atoms with Crippen LogP contribution in [-0.4, -0.2) is 34.3 Å². The number of carbonyl (C=O) groups is 2. The Morgan fingerprint density at radius 1 is 0.592 bits per heavy atom. The molecule has 0 amide bonds. The first-order valence-electron chi connectivity index (χ1n) is 15.5. The third kappa shape index (κ3) is 6.28. The van der Waals surface area contributed by atoms with Crippen LogP contribution in [0, 0.1) is 11.6 Å². The molecule has 0 saturated heterocycles. The van der Waals surface area contributed by atoms with E-state index in [0.717, 1.165) is 0 Å². The maximum Gasteiger partial charge on any atom is 0.342 e. The standard InChI is InChI=1S/C38H32F2N4O4S/c1-3-47-37(45)31-29(23-15-19-25(39)20-16-23)35(43(33(31)41)27-11-7-5-8-12-27)49-36-30(24-17-21-26(40)22-18-24)32(38(46)48-4-2)34(42)44(36)28-13-9-6-10-14-28/h5-22H,3-4,41-42H2,1-2H3. The van der Waals surface area contributed by atoms with Crippen LogP contribution in [0.25, 0.3) is 33.6 Å². The molecule has 6 rings (SSSR count). The normalized spacial score (nSPS) is 11.0. The smallest absolute Gasteiger partial charge is 0.342 e. The van der Waals surface area contributed by atoms with Gasteiger partial charge in [-0.2, -0.15) is 0 Å². The molecular weight excluding hydrogens is 647 g/mol. The summed E-state index contributed by atoms with van der Waals surface area (Å²) in [6.07, 6.45) is 0. The van der Waals surface area contributed by atoms with Crippen molar-refractivity contribution in [3.05, 3.63) is 132 Å². The molecule has 0 radical (unpaired) electrons. The van der Waals surface area contributed by atoms with Gasteiger partial charge in [0.1, 0.15) is 34.4 Å². The third-order valence-corrected chi connectivity index (χ3v) is 8.94. The fourth-order valence-electron chi connectivity index (χ4n) is 5.68. The molecule has 4 aromatic carbocycles. The van der Waals surface area contributed by atoms with E-state index in [1.807, 2.05) is 60.7 Å². The monoisotopic (exact) mass is 678 g/mol. The Morgan fingerprint density at radius 3 is 1.27 bits per heavy atom. The van der Waals surface area contributed by atoms with Crippen molar-refractivity contribution < 1.29 is 27.8 Å². The summed E-state index contributed by atoms with van der Waals surface area (Å²) in [7, 11) is 0. The maximum absolute atomic E-state index is 14.3. The van der Waals surface area contributed by atoms with Crippen LogP contribution in [-0.2, 0) is 9.47 Å². The second-order valence-corrected chi connectivity index (χ2v) is 11.8. The highest BCUT2D eigenvalue weighted by Gasteiger charge is 2.34. The molecule has 0 aliphatic rings. The number of anilines is 2. The van der Waals surface area contributed by atoms with Crippen LogP contribution in [0.4, 0.5) is 20.4 Å². The second kappa shape index (κ2) is 14.1. The molecule has 2 aromatic heterocycles. The van der Waals surface area contributed by atoms with Gasteiger partial charge < -0.3 is 20.9 Å². The predicted octanol–water partition coefficient (Wildman–Crippen LogP) is 8.55. The molecule has 248 valence electrons. The molecule has 11 heteroatoms. The van der Waals surface area contributed by atoms with E-state index in [1.165, 1.54) is 36.0 Å². The van der Waals surface area contributed by atoms with Crippen molar-refractivity contribution in [2.75, 3.05) is 24.7 Å². The highest BCUT2D eigenvalue weighted by Crippen LogP contribution is 2.50. The number of para-hydroxylation sites is 2. The zero-order valence-electron chi connectivity index (χ0n) is 26.7. The van der Waals surface area contributed by atoms with E-state index >= 15 is 0 Å². The van der Waals surface area contributed by atoms with Gasteiger partial charge in [-0.05, 0) is 73.5 Å². The van der Waals surface area contributed by atoms with Gasteiger partial charge in [0.15, 0.2) is 0 Å². The Bertz CT molecular complexity index is 1980. The van der Waals surface area contributed by atoms with E-state index in [9.17, 15) is 18.4 Å². The Kier molecular flexibility index (Phi) is 9.54. The van der Waals surface area contributed by atoms with Gasteiger partial charge in [0.05, 0.1) is 23.3 Å². The van der Waals surface area contributed by atoms with E-state index in [4.69, 9.17) is 20.9 Å². The molecule has 0 fully saturated rings. The van der Waals surface area contributed by atoms with E-state index in [2.05, 4.69) is 0 Å². The predicted molar refractivity (Wildman–Crippen MR) is 187 cm³/mol. The topological polar surface area (TPSA) is 115 Å². The van der Waals surface area contributed by atoms with E-state index < -0.39 is 23.6 Å². The number of carbonyl (C=O) groups excluding carboxylic acids is 2. The minimum absolute atomic E-state index is 0.0829. The second-order valence-electron chi connectivity index (χ2n) is 10.8. The van der Waals surface area contributed by atoms with E-state index in [-0.39, 0.29) is 36.0 Å². The number of halogens is 2. The number of hydrogen-bond acceptors (Lipinski definition) is 7. The van der Waals surface area contributed by atoms with E-state index in [1.54, 1.807) is 47.2 Å². The summed E-state index contributed by atoms with van der Waals surface area (Å²) >= 11 is 1.19. The summed E-state index contributed by atoms with van der Waals surface area (Å²) in [6, 6.07) is 29.8. The lowest BCUT2D eigenvalue weighted by atomic mass is 10.0. The van der Waals surface area contributed by atoms with Crippen molar-refractivity contribution in [3.8, 4) is 33.6 Å². The Labute approximate surface area is 285 Å². The zero-order chi connectivity index (χ0) is 34.7. The Hall–Kier alpha value is -5.81. The number of nitrogens with two attached hydrogens (primary N) is 2. The summed E-state index contributed by atoms with van der Waals surface area (Å²) in [5.74, 6) is -2.08. The minimum atomic E-state index is -0.667. The summed E-state index contributed by atoms with van der Waals surface area (Å²) in [4.78, 5) is 27.4. The van der Waals surface area contributed by atoms with Gasteiger partial charge in [0.25, 0.3) is 0 Å². The quantitative estimate of drug-likeness (QED) is 0.140. The zero-order valence-corrected chi connectivity index (χ0v) is 27.5. The van der Waals surface area contributed by atoms with Crippen molar-refractivity contribution in [1.29, 1.82) is 0 Å². The minimum Gasteiger partial charge on any atom is -0.462 e. The lowest BCUT2D eigenvalue weighted by Crippen LogP contribution is -2.09. The summed E-state index contributed by atoms with van der Waals surface area (Å²) < 4.78 is 42.9. The van der Waals surface area contributed by atoms with Crippen molar-refractivity contribution >= 4 is 35.3 Å². The fourth-order valence-corrected chi connectivity index (χ4v) is 7.09. The van der Waals surface area contributed by atoms with Gasteiger partial charge in [0, 0.05) is 22.5 Å². The molecule has 0 spiro atoms. The number of ether oxygens (including phenoxy) is 2. The van der Waals surface area contributed by atoms with Crippen LogP contribution < -0.4 is 11.5 Å². The van der Waals surface area contributed by atoms with Crippen LogP contribution in [0.15, 0.2) is 119 Å². The lowest BCUT2D eigenvalue weighted by Gasteiger charge is -2.16. The molecule has 0 bridgehead atoms. The fraction of sp³-hybridized carbons (Fsp3) is 0.105. The van der Waals surface area contributed by atoms with E-state index in [0.29, 0.717) is 43.7 Å². The first-order valence-corrected chi connectivity index (χ1v) is 16.3. The number of nitrogen functional groups attached to an aromatic ring is 2. The molecule has 0 unspecified atom stereocenters. The number of hydrogen-bond donors (Lipinski definition) is 2. The molecule has 0 aliphatic heterocycles. The highest BCUT2D eigenvalue weighted by molar-refractivity contribution is 7.99. The highest BCUT2D eigenvalue weighted by atomic mass is 32.2. The maximum atomic E-state index is 14.3. The number of aromatic nitrogens is 2. The van der Waals surface area contributed by atoms with Gasteiger partial charge in [-0.15, -0.1) is 0 Å². The van der Waals surface area contributed by atoms with Crippen LogP contribution >= 0.6 is 11.8 Å². The molecular formula is C38H32F2N4O4S. The first kappa shape index (κ1) is 33.1.